The lowest BCUT2D eigenvalue weighted by Gasteiger charge is -2.38. The summed E-state index contributed by atoms with van der Waals surface area (Å²) >= 11 is 1.68. The first kappa shape index (κ1) is 27.4. The third-order valence-corrected chi connectivity index (χ3v) is 10.1. The number of aliphatic hydroxyl groups excluding tert-OH is 1. The number of aliphatic hydroxyl groups is 1. The second-order valence-corrected chi connectivity index (χ2v) is 11.8. The predicted molar refractivity (Wildman–Crippen MR) is 137 cm³/mol. The summed E-state index contributed by atoms with van der Waals surface area (Å²) in [5, 5.41) is 9.21. The summed E-state index contributed by atoms with van der Waals surface area (Å²) in [5.74, 6) is -1.44. The van der Waals surface area contributed by atoms with Gasteiger partial charge >= 0.3 is 5.97 Å². The van der Waals surface area contributed by atoms with E-state index in [1.165, 1.54) is 0 Å². The first-order chi connectivity index (χ1) is 17.5. The van der Waals surface area contributed by atoms with Crippen LogP contribution in [0.4, 0.5) is 0 Å². The number of thioether (sulfide) groups is 1. The first-order valence-electron chi connectivity index (χ1n) is 13.4. The highest BCUT2D eigenvalue weighted by molar-refractivity contribution is 8.02. The van der Waals surface area contributed by atoms with Crippen LogP contribution in [0.25, 0.3) is 0 Å². The van der Waals surface area contributed by atoms with Crippen LogP contribution in [-0.4, -0.2) is 119 Å². The molecule has 5 atom stereocenters. The van der Waals surface area contributed by atoms with Gasteiger partial charge in [-0.05, 0) is 39.0 Å². The molecule has 1 spiro atoms. The summed E-state index contributed by atoms with van der Waals surface area (Å²) in [4.78, 5) is 47.0. The highest BCUT2D eigenvalue weighted by Crippen LogP contribution is 2.66. The number of carbonyl (C=O) groups excluding carboxylic acids is 3. The maximum absolute atomic E-state index is 14.3. The molecule has 0 aliphatic carbocycles. The van der Waals surface area contributed by atoms with Crippen LogP contribution in [0, 0.1) is 11.8 Å². The summed E-state index contributed by atoms with van der Waals surface area (Å²) in [7, 11) is 0. The summed E-state index contributed by atoms with van der Waals surface area (Å²) in [5.41, 5.74) is 0. The zero-order valence-electron chi connectivity index (χ0n) is 21.4. The van der Waals surface area contributed by atoms with Crippen LogP contribution in [0.3, 0.4) is 0 Å². The van der Waals surface area contributed by atoms with E-state index in [4.69, 9.17) is 9.47 Å². The van der Waals surface area contributed by atoms with Crippen molar-refractivity contribution in [1.82, 2.24) is 14.7 Å². The number of rotatable bonds is 13. The number of unbranched alkanes of at least 4 members (excludes halogenated alkanes) is 2. The third kappa shape index (κ3) is 5.19. The maximum atomic E-state index is 14.3. The lowest BCUT2D eigenvalue weighted by Crippen LogP contribution is -2.56. The van der Waals surface area contributed by atoms with Crippen LogP contribution < -0.4 is 0 Å². The number of ether oxygens (including phenoxy) is 2. The van der Waals surface area contributed by atoms with Gasteiger partial charge in [0, 0.05) is 51.1 Å². The van der Waals surface area contributed by atoms with E-state index >= 15 is 0 Å². The van der Waals surface area contributed by atoms with Crippen LogP contribution in [0.5, 0.6) is 0 Å². The van der Waals surface area contributed by atoms with Crippen LogP contribution in [0.15, 0.2) is 12.7 Å². The van der Waals surface area contributed by atoms with E-state index in [0.717, 1.165) is 38.9 Å². The van der Waals surface area contributed by atoms with Gasteiger partial charge in [0.05, 0.1) is 36.4 Å². The van der Waals surface area contributed by atoms with Gasteiger partial charge in [0.15, 0.2) is 0 Å². The number of hydrogen-bond donors (Lipinski definition) is 1. The fraction of sp³-hybridized carbons (Fsp3) is 0.808. The molecule has 1 N–H and O–H groups in total. The molecule has 4 saturated heterocycles. The van der Waals surface area contributed by atoms with Crippen LogP contribution in [0.1, 0.15) is 39.0 Å². The number of esters is 1. The van der Waals surface area contributed by atoms with E-state index in [1.54, 1.807) is 29.7 Å². The monoisotopic (exact) mass is 523 g/mol. The Morgan fingerprint density at radius 2 is 2.06 bits per heavy atom. The summed E-state index contributed by atoms with van der Waals surface area (Å²) < 4.78 is 10.3. The van der Waals surface area contributed by atoms with E-state index in [2.05, 4.69) is 11.5 Å². The van der Waals surface area contributed by atoms with Gasteiger partial charge in [-0.15, -0.1) is 18.3 Å². The third-order valence-electron chi connectivity index (χ3n) is 8.10. The molecule has 202 valence electrons. The summed E-state index contributed by atoms with van der Waals surface area (Å²) in [6, 6.07) is -0.594. The molecular weight excluding hydrogens is 482 g/mol. The van der Waals surface area contributed by atoms with Gasteiger partial charge in [-0.25, -0.2) is 0 Å². The van der Waals surface area contributed by atoms with E-state index < -0.39 is 22.6 Å². The van der Waals surface area contributed by atoms with Crippen molar-refractivity contribution >= 4 is 29.5 Å². The highest BCUT2D eigenvalue weighted by Gasteiger charge is 2.74. The molecule has 2 unspecified atom stereocenters. The Kier molecular flexibility index (Phi) is 9.35. The van der Waals surface area contributed by atoms with Crippen molar-refractivity contribution in [2.45, 2.75) is 55.1 Å². The zero-order valence-corrected chi connectivity index (χ0v) is 22.3. The van der Waals surface area contributed by atoms with Gasteiger partial charge in [-0.3, -0.25) is 19.3 Å². The number of amides is 2. The summed E-state index contributed by atoms with van der Waals surface area (Å²) in [6.07, 6.45) is 5.48. The van der Waals surface area contributed by atoms with Crippen molar-refractivity contribution in [3.63, 3.8) is 0 Å². The van der Waals surface area contributed by atoms with Gasteiger partial charge in [0.25, 0.3) is 0 Å². The maximum Gasteiger partial charge on any atom is 0.310 e. The Morgan fingerprint density at radius 1 is 1.28 bits per heavy atom. The van der Waals surface area contributed by atoms with Gasteiger partial charge in [0.1, 0.15) is 6.04 Å². The molecule has 36 heavy (non-hydrogen) atoms. The number of hydrogen-bond acceptors (Lipinski definition) is 8. The lowest BCUT2D eigenvalue weighted by molar-refractivity contribution is -0.153. The quantitative estimate of drug-likeness (QED) is 0.218. The molecule has 4 rings (SSSR count). The topological polar surface area (TPSA) is 99.6 Å². The molecule has 4 aliphatic heterocycles. The van der Waals surface area contributed by atoms with Crippen molar-refractivity contribution in [2.75, 3.05) is 65.7 Å². The molecule has 4 heterocycles. The average molecular weight is 524 g/mol. The predicted octanol–water partition coefficient (Wildman–Crippen LogP) is 1.15. The second kappa shape index (κ2) is 12.3. The molecule has 0 aromatic carbocycles. The van der Waals surface area contributed by atoms with E-state index in [-0.39, 0.29) is 36.2 Å². The highest BCUT2D eigenvalue weighted by atomic mass is 32.2. The first-order valence-corrected chi connectivity index (χ1v) is 14.3. The minimum atomic E-state index is -0.594. The molecule has 4 aliphatic rings. The zero-order chi connectivity index (χ0) is 25.7. The number of likely N-dealkylation sites (tertiary alicyclic amines) is 1. The summed E-state index contributed by atoms with van der Waals surface area (Å²) in [6.45, 7) is 11.3. The second-order valence-electron chi connectivity index (χ2n) is 10.2. The largest absolute Gasteiger partial charge is 0.466 e. The Morgan fingerprint density at radius 3 is 2.75 bits per heavy atom. The van der Waals surface area contributed by atoms with Gasteiger partial charge in [-0.2, -0.15) is 0 Å². The number of morpholine rings is 1. The minimum Gasteiger partial charge on any atom is -0.466 e. The van der Waals surface area contributed by atoms with Gasteiger partial charge < -0.3 is 24.4 Å². The Bertz CT molecular complexity index is 822. The Labute approximate surface area is 218 Å². The molecular formula is C26H41N3O6S. The molecule has 4 fully saturated rings. The van der Waals surface area contributed by atoms with E-state index in [1.807, 2.05) is 4.90 Å². The van der Waals surface area contributed by atoms with Crippen molar-refractivity contribution in [1.29, 1.82) is 0 Å². The average Bonchev–Trinajstić information content (AvgIpc) is 3.52. The lowest BCUT2D eigenvalue weighted by atomic mass is 9.71. The number of nitrogens with zero attached hydrogens (tertiary/aromatic N) is 3. The fourth-order valence-corrected chi connectivity index (χ4v) is 8.66. The normalized spacial score (nSPS) is 31.5. The molecule has 2 bridgehead atoms. The SMILES string of the molecule is C=CCN(CCN1CCOCC1)C(=O)C1N(CCCCCO)C(=O)[C@@H]2[C@@H](C(=O)OCC)[C@H]3CCC12S3. The van der Waals surface area contributed by atoms with Gasteiger partial charge in [-0.1, -0.05) is 6.08 Å². The standard InChI is InChI=1S/C26H41N3O6S/c1-3-10-28(13-12-27-14-17-34-18-15-27)24(32)22-26-9-8-19(36-26)20(25(33)35-4-2)21(26)23(31)29(22)11-6-5-7-16-30/h3,19-22,30H,1,4-18H2,2H3/t19-,20+,21+,22?,26?/m1/s1. The van der Waals surface area contributed by atoms with Crippen LogP contribution in [-0.2, 0) is 23.9 Å². The van der Waals surface area contributed by atoms with E-state index in [0.29, 0.717) is 45.7 Å². The van der Waals surface area contributed by atoms with Crippen LogP contribution in [0.2, 0.25) is 0 Å². The van der Waals surface area contributed by atoms with Crippen molar-refractivity contribution in [2.24, 2.45) is 11.8 Å². The minimum absolute atomic E-state index is 0.0195. The molecule has 0 aromatic heterocycles. The molecule has 9 nitrogen and oxygen atoms in total. The Hall–Kier alpha value is -1.62. The van der Waals surface area contributed by atoms with Crippen molar-refractivity contribution in [3.05, 3.63) is 12.7 Å². The molecule has 0 radical (unpaired) electrons. The Balaban J connectivity index is 1.59. The van der Waals surface area contributed by atoms with Crippen molar-refractivity contribution in [3.8, 4) is 0 Å². The van der Waals surface area contributed by atoms with Crippen molar-refractivity contribution < 1.29 is 29.0 Å². The number of carbonyl (C=O) groups is 3. The fourth-order valence-electron chi connectivity index (χ4n) is 6.46. The van der Waals surface area contributed by atoms with Gasteiger partial charge in [0.2, 0.25) is 11.8 Å². The van der Waals surface area contributed by atoms with E-state index in [9.17, 15) is 19.5 Å². The number of fused-ring (bicyclic) bond motifs is 1. The molecule has 2 amide bonds. The smallest absolute Gasteiger partial charge is 0.310 e. The molecule has 0 aromatic rings. The molecule has 0 saturated carbocycles. The molecule has 10 heteroatoms. The van der Waals surface area contributed by atoms with Crippen LogP contribution >= 0.6 is 11.8 Å².